The molecular formula is C3H4AsS2. The van der Waals surface area contributed by atoms with Gasteiger partial charge in [0.05, 0.1) is 0 Å². The molecule has 1 aliphatic rings. The topological polar surface area (TPSA) is 0 Å². The van der Waals surface area contributed by atoms with E-state index in [1.165, 1.54) is 5.75 Å². The molecule has 0 unspecified atom stereocenters. The van der Waals surface area contributed by atoms with Gasteiger partial charge in [0.2, 0.25) is 0 Å². The van der Waals surface area contributed by atoms with Crippen LogP contribution in [-0.4, -0.2) is 23.7 Å². The third-order valence-corrected chi connectivity index (χ3v) is 2.30. The molecule has 0 aromatic rings. The van der Waals surface area contributed by atoms with Crippen LogP contribution in [0.2, 0.25) is 0 Å². The molecule has 0 saturated carbocycles. The second kappa shape index (κ2) is 4.17. The Balaban J connectivity index is 0.000000250. The zero-order valence-electron chi connectivity index (χ0n) is 3.13. The molecule has 0 spiro atoms. The molecule has 6 heavy (non-hydrogen) atoms. The van der Waals surface area contributed by atoms with E-state index in [4.69, 9.17) is 0 Å². The van der Waals surface area contributed by atoms with Crippen LogP contribution in [0, 0.1) is 0 Å². The Morgan fingerprint density at radius 2 is 2.33 bits per heavy atom. The maximum absolute atomic E-state index is 2.16. The number of hydrogen-bond donors (Lipinski definition) is 0. The fraction of sp³-hybridized carbons (Fsp3) is 0.333. The van der Waals surface area contributed by atoms with E-state index in [9.17, 15) is 0 Å². The van der Waals surface area contributed by atoms with Crippen molar-refractivity contribution in [2.24, 2.45) is 0 Å². The summed E-state index contributed by atoms with van der Waals surface area (Å²) in [6, 6.07) is 0. The van der Waals surface area contributed by atoms with E-state index in [-0.39, 0.29) is 18.0 Å². The first-order valence-corrected chi connectivity index (χ1v) is 3.81. The van der Waals surface area contributed by atoms with Crippen LogP contribution < -0.4 is 0 Å². The first-order chi connectivity index (χ1) is 2.50. The molecule has 0 aliphatic carbocycles. The van der Waals surface area contributed by atoms with E-state index in [2.05, 4.69) is 11.5 Å². The molecule has 3 heteroatoms. The minimum Gasteiger partial charge on any atom is -0.0854 e. The van der Waals surface area contributed by atoms with Crippen LogP contribution in [-0.2, 0) is 0 Å². The Morgan fingerprint density at radius 1 is 1.50 bits per heavy atom. The first-order valence-electron chi connectivity index (χ1n) is 1.43. The smallest absolute Gasteiger partial charge is 0.0229 e. The molecule has 0 fully saturated rings. The Kier molecular flexibility index (Phi) is 4.86. The maximum Gasteiger partial charge on any atom is 0.0229 e. The molecule has 0 saturated heterocycles. The Morgan fingerprint density at radius 3 is 2.50 bits per heavy atom. The van der Waals surface area contributed by atoms with Gasteiger partial charge in [-0.3, -0.25) is 0 Å². The van der Waals surface area contributed by atoms with E-state index in [1.54, 1.807) is 0 Å². The molecule has 0 bridgehead atoms. The maximum atomic E-state index is 2.16. The van der Waals surface area contributed by atoms with E-state index in [1.807, 2.05) is 21.6 Å². The van der Waals surface area contributed by atoms with Gasteiger partial charge < -0.3 is 0 Å². The molecule has 0 amide bonds. The zero-order valence-corrected chi connectivity index (χ0v) is 6.64. The molecule has 0 atom stereocenters. The molecule has 0 aromatic carbocycles. The molecule has 1 rings (SSSR count). The second-order valence-electron chi connectivity index (χ2n) is 0.753. The van der Waals surface area contributed by atoms with E-state index in [0.29, 0.717) is 0 Å². The van der Waals surface area contributed by atoms with Crippen molar-refractivity contribution in [1.29, 1.82) is 0 Å². The van der Waals surface area contributed by atoms with Crippen molar-refractivity contribution in [3.05, 3.63) is 11.5 Å². The third-order valence-electron chi connectivity index (χ3n) is 0.384. The summed E-state index contributed by atoms with van der Waals surface area (Å²) < 4.78 is 0. The van der Waals surface area contributed by atoms with Crippen LogP contribution in [0.4, 0.5) is 0 Å². The average molecular weight is 179 g/mol. The molecular weight excluding hydrogens is 175 g/mol. The summed E-state index contributed by atoms with van der Waals surface area (Å²) in [5.41, 5.74) is 0. The normalized spacial score (nSPS) is 17.3. The summed E-state index contributed by atoms with van der Waals surface area (Å²) >= 11 is 0. The third kappa shape index (κ3) is 2.22. The van der Waals surface area contributed by atoms with Gasteiger partial charge in [0.25, 0.3) is 0 Å². The van der Waals surface area contributed by atoms with Gasteiger partial charge in [-0.1, -0.05) is 27.7 Å². The second-order valence-corrected chi connectivity index (χ2v) is 3.07. The summed E-state index contributed by atoms with van der Waals surface area (Å²) in [7, 11) is 3.69. The SMILES string of the molecule is C1=CSSC1.[As]. The Labute approximate surface area is 56.9 Å². The fourth-order valence-corrected chi connectivity index (χ4v) is 1.77. The van der Waals surface area contributed by atoms with Crippen LogP contribution in [0.1, 0.15) is 0 Å². The predicted molar refractivity (Wildman–Crippen MR) is 34.9 cm³/mol. The van der Waals surface area contributed by atoms with Crippen LogP contribution >= 0.6 is 21.6 Å². The van der Waals surface area contributed by atoms with Gasteiger partial charge in [-0.2, -0.15) is 0 Å². The van der Waals surface area contributed by atoms with Gasteiger partial charge in [-0.25, -0.2) is 0 Å². The predicted octanol–water partition coefficient (Wildman–Crippen LogP) is 1.51. The van der Waals surface area contributed by atoms with Crippen LogP contribution in [0.5, 0.6) is 0 Å². The summed E-state index contributed by atoms with van der Waals surface area (Å²) in [6.07, 6.45) is 2.16. The van der Waals surface area contributed by atoms with Crippen molar-refractivity contribution in [3.63, 3.8) is 0 Å². The molecule has 0 N–H and O–H groups in total. The van der Waals surface area contributed by atoms with Gasteiger partial charge >= 0.3 is 0 Å². The number of hydrogen-bond acceptors (Lipinski definition) is 2. The summed E-state index contributed by atoms with van der Waals surface area (Å²) in [5, 5.41) is 2.12. The quantitative estimate of drug-likeness (QED) is 0.408. The summed E-state index contributed by atoms with van der Waals surface area (Å²) in [5.74, 6) is 1.20. The van der Waals surface area contributed by atoms with Crippen LogP contribution in [0.15, 0.2) is 11.5 Å². The van der Waals surface area contributed by atoms with Crippen LogP contribution in [0.3, 0.4) is 0 Å². The van der Waals surface area contributed by atoms with Crippen molar-refractivity contribution in [1.82, 2.24) is 0 Å². The summed E-state index contributed by atoms with van der Waals surface area (Å²) in [6.45, 7) is 0. The van der Waals surface area contributed by atoms with Crippen molar-refractivity contribution in [2.45, 2.75) is 0 Å². The number of rotatable bonds is 0. The van der Waals surface area contributed by atoms with Crippen LogP contribution in [0.25, 0.3) is 0 Å². The molecule has 1 heterocycles. The van der Waals surface area contributed by atoms with E-state index in [0.717, 1.165) is 0 Å². The molecule has 33 valence electrons. The minimum atomic E-state index is 0. The molecule has 0 nitrogen and oxygen atoms in total. The fourth-order valence-electron chi connectivity index (χ4n) is 0.196. The van der Waals surface area contributed by atoms with Gasteiger partial charge in [0, 0.05) is 23.7 Å². The average Bonchev–Trinajstić information content (AvgIpc) is 1.76. The largest absolute Gasteiger partial charge is 0.0854 e. The standard InChI is InChI=1S/C3H4S2.As/c1-2-4-5-3-1;/h1-2H,3H2;. The Bertz CT molecular complexity index is 46.8. The van der Waals surface area contributed by atoms with Gasteiger partial charge in [-0.15, -0.1) is 0 Å². The Hall–Kier alpha value is 0.998. The molecule has 1 aliphatic heterocycles. The van der Waals surface area contributed by atoms with Crippen molar-refractivity contribution in [2.75, 3.05) is 5.75 Å². The molecule has 3 radical (unpaired) electrons. The monoisotopic (exact) mass is 179 g/mol. The van der Waals surface area contributed by atoms with Crippen molar-refractivity contribution >= 4 is 39.5 Å². The minimum absolute atomic E-state index is 0. The van der Waals surface area contributed by atoms with E-state index >= 15 is 0 Å². The molecule has 0 aromatic heterocycles. The van der Waals surface area contributed by atoms with Gasteiger partial charge in [0.1, 0.15) is 0 Å². The first kappa shape index (κ1) is 7.00. The van der Waals surface area contributed by atoms with E-state index < -0.39 is 0 Å². The van der Waals surface area contributed by atoms with Crippen molar-refractivity contribution in [3.8, 4) is 0 Å². The van der Waals surface area contributed by atoms with Crippen molar-refractivity contribution < 1.29 is 0 Å². The summed E-state index contributed by atoms with van der Waals surface area (Å²) in [4.78, 5) is 0. The van der Waals surface area contributed by atoms with Gasteiger partial charge in [-0.05, 0) is 5.41 Å². The zero-order chi connectivity index (χ0) is 3.54. The van der Waals surface area contributed by atoms with Gasteiger partial charge in [0.15, 0.2) is 0 Å².